The molecule has 1 N–H and O–H groups in total. The lowest BCUT2D eigenvalue weighted by atomic mass is 10.1. The van der Waals surface area contributed by atoms with Crippen LogP contribution in [0.1, 0.15) is 20.8 Å². The molecule has 1 amide bonds. The summed E-state index contributed by atoms with van der Waals surface area (Å²) in [6.45, 7) is 4.21. The largest absolute Gasteiger partial charge is 0.451 e. The number of thioether (sulfide) groups is 1. The summed E-state index contributed by atoms with van der Waals surface area (Å²) in [6, 6.07) is 16.1. The highest BCUT2D eigenvalue weighted by Crippen LogP contribution is 2.30. The predicted octanol–water partition coefficient (Wildman–Crippen LogP) is 4.58. The molecule has 0 aliphatic rings. The Bertz CT molecular complexity index is 948. The molecular formula is C21H21NO3S2. The van der Waals surface area contributed by atoms with Gasteiger partial charge in [0.25, 0.3) is 5.91 Å². The molecule has 0 radical (unpaired) electrons. The summed E-state index contributed by atoms with van der Waals surface area (Å²) in [5.74, 6) is 0.0301. The second-order valence-corrected chi connectivity index (χ2v) is 8.36. The molecule has 0 aliphatic heterocycles. The van der Waals surface area contributed by atoms with Crippen molar-refractivity contribution in [3.8, 4) is 0 Å². The van der Waals surface area contributed by atoms with Gasteiger partial charge in [-0.3, -0.25) is 4.79 Å². The van der Waals surface area contributed by atoms with Crippen molar-refractivity contribution in [3.63, 3.8) is 0 Å². The number of hydrogen-bond donors (Lipinski definition) is 1. The van der Waals surface area contributed by atoms with Crippen molar-refractivity contribution in [1.82, 2.24) is 5.32 Å². The number of ether oxygens (including phenoxy) is 1. The zero-order valence-electron chi connectivity index (χ0n) is 15.3. The Hall–Kier alpha value is -2.31. The molecule has 2 aromatic carbocycles. The van der Waals surface area contributed by atoms with E-state index in [1.54, 1.807) is 11.8 Å². The first-order chi connectivity index (χ1) is 13.0. The van der Waals surface area contributed by atoms with Crippen LogP contribution in [-0.4, -0.2) is 30.8 Å². The number of carbonyl (C=O) groups excluding carboxylic acids is 2. The van der Waals surface area contributed by atoms with Crippen LogP contribution in [0.4, 0.5) is 0 Å². The van der Waals surface area contributed by atoms with E-state index in [1.165, 1.54) is 21.8 Å². The monoisotopic (exact) mass is 399 g/mol. The van der Waals surface area contributed by atoms with Crippen LogP contribution in [0.25, 0.3) is 10.1 Å². The highest BCUT2D eigenvalue weighted by molar-refractivity contribution is 7.99. The minimum Gasteiger partial charge on any atom is -0.451 e. The van der Waals surface area contributed by atoms with Gasteiger partial charge in [0, 0.05) is 21.9 Å². The summed E-state index contributed by atoms with van der Waals surface area (Å²) in [5, 5.41) is 3.83. The van der Waals surface area contributed by atoms with Gasteiger partial charge >= 0.3 is 5.97 Å². The van der Waals surface area contributed by atoms with Crippen LogP contribution in [0.3, 0.4) is 0 Å². The smallest absolute Gasteiger partial charge is 0.349 e. The standard InChI is InChI=1S/C21H21NO3S2/c1-14-7-9-16(10-8-14)26-12-11-22-19(23)13-25-21(24)20-15(2)17-5-3-4-6-18(17)27-20/h3-10H,11-13H2,1-2H3,(H,22,23). The van der Waals surface area contributed by atoms with Crippen LogP contribution in [0.2, 0.25) is 0 Å². The zero-order valence-corrected chi connectivity index (χ0v) is 16.9. The Balaban J connectivity index is 1.42. The number of carbonyl (C=O) groups is 2. The third kappa shape index (κ3) is 5.11. The molecule has 27 heavy (non-hydrogen) atoms. The third-order valence-corrected chi connectivity index (χ3v) is 6.34. The molecule has 0 spiro atoms. The molecule has 140 valence electrons. The summed E-state index contributed by atoms with van der Waals surface area (Å²) < 4.78 is 6.22. The van der Waals surface area contributed by atoms with E-state index in [-0.39, 0.29) is 12.5 Å². The maximum Gasteiger partial charge on any atom is 0.349 e. The topological polar surface area (TPSA) is 55.4 Å². The van der Waals surface area contributed by atoms with E-state index in [0.717, 1.165) is 21.4 Å². The number of benzene rings is 2. The van der Waals surface area contributed by atoms with Crippen molar-refractivity contribution in [2.45, 2.75) is 18.7 Å². The first-order valence-electron chi connectivity index (χ1n) is 8.66. The molecule has 3 aromatic rings. The van der Waals surface area contributed by atoms with E-state index in [9.17, 15) is 9.59 Å². The Morgan fingerprint density at radius 2 is 1.81 bits per heavy atom. The number of nitrogens with one attached hydrogen (secondary N) is 1. The highest BCUT2D eigenvalue weighted by Gasteiger charge is 2.17. The second kappa shape index (κ2) is 9.06. The highest BCUT2D eigenvalue weighted by atomic mass is 32.2. The minimum atomic E-state index is -0.446. The molecule has 0 fully saturated rings. The third-order valence-electron chi connectivity index (χ3n) is 4.08. The van der Waals surface area contributed by atoms with Crippen molar-refractivity contribution >= 4 is 45.1 Å². The van der Waals surface area contributed by atoms with Crippen LogP contribution >= 0.6 is 23.1 Å². The van der Waals surface area contributed by atoms with Crippen LogP contribution < -0.4 is 5.32 Å². The van der Waals surface area contributed by atoms with E-state index < -0.39 is 5.97 Å². The zero-order chi connectivity index (χ0) is 19.2. The molecule has 0 unspecified atom stereocenters. The quantitative estimate of drug-likeness (QED) is 0.359. The van der Waals surface area contributed by atoms with E-state index in [0.29, 0.717) is 11.4 Å². The number of aryl methyl sites for hydroxylation is 2. The Morgan fingerprint density at radius 1 is 1.07 bits per heavy atom. The van der Waals surface area contributed by atoms with Gasteiger partial charge in [-0.05, 0) is 43.0 Å². The summed E-state index contributed by atoms with van der Waals surface area (Å²) in [7, 11) is 0. The summed E-state index contributed by atoms with van der Waals surface area (Å²) >= 11 is 3.07. The van der Waals surface area contributed by atoms with Gasteiger partial charge in [-0.15, -0.1) is 23.1 Å². The molecule has 4 nitrogen and oxygen atoms in total. The molecular weight excluding hydrogens is 378 g/mol. The number of thiophene rings is 1. The average Bonchev–Trinajstić information content (AvgIpc) is 3.02. The number of amides is 1. The molecule has 0 saturated carbocycles. The number of esters is 1. The van der Waals surface area contributed by atoms with Gasteiger partial charge in [0.15, 0.2) is 6.61 Å². The van der Waals surface area contributed by atoms with E-state index in [4.69, 9.17) is 4.74 Å². The van der Waals surface area contributed by atoms with Gasteiger partial charge in [-0.2, -0.15) is 0 Å². The van der Waals surface area contributed by atoms with Crippen molar-refractivity contribution in [1.29, 1.82) is 0 Å². The average molecular weight is 400 g/mol. The second-order valence-electron chi connectivity index (χ2n) is 6.14. The fourth-order valence-corrected chi connectivity index (χ4v) is 4.48. The maximum absolute atomic E-state index is 12.3. The summed E-state index contributed by atoms with van der Waals surface area (Å²) in [6.07, 6.45) is 0. The first kappa shape index (κ1) is 19.5. The molecule has 6 heteroatoms. The maximum atomic E-state index is 12.3. The number of rotatable bonds is 7. The Morgan fingerprint density at radius 3 is 2.56 bits per heavy atom. The van der Waals surface area contributed by atoms with Crippen molar-refractivity contribution < 1.29 is 14.3 Å². The van der Waals surface area contributed by atoms with Crippen molar-refractivity contribution in [2.24, 2.45) is 0 Å². The molecule has 0 aliphatic carbocycles. The van der Waals surface area contributed by atoms with Gasteiger partial charge in [0.05, 0.1) is 0 Å². The van der Waals surface area contributed by atoms with Gasteiger partial charge in [0.1, 0.15) is 4.88 Å². The van der Waals surface area contributed by atoms with Crippen molar-refractivity contribution in [3.05, 3.63) is 64.5 Å². The Kier molecular flexibility index (Phi) is 6.53. The number of fused-ring (bicyclic) bond motifs is 1. The van der Waals surface area contributed by atoms with Crippen LogP contribution in [-0.2, 0) is 9.53 Å². The van der Waals surface area contributed by atoms with Crippen LogP contribution in [0.15, 0.2) is 53.4 Å². The van der Waals surface area contributed by atoms with Gasteiger partial charge in [0.2, 0.25) is 0 Å². The lowest BCUT2D eigenvalue weighted by Gasteiger charge is -2.06. The number of hydrogen-bond acceptors (Lipinski definition) is 5. The van der Waals surface area contributed by atoms with Crippen molar-refractivity contribution in [2.75, 3.05) is 18.9 Å². The predicted molar refractivity (Wildman–Crippen MR) is 112 cm³/mol. The summed E-state index contributed by atoms with van der Waals surface area (Å²) in [4.78, 5) is 25.9. The van der Waals surface area contributed by atoms with Gasteiger partial charge < -0.3 is 10.1 Å². The molecule has 0 saturated heterocycles. The molecule has 1 aromatic heterocycles. The SMILES string of the molecule is Cc1ccc(SCCNC(=O)COC(=O)c2sc3ccccc3c2C)cc1. The van der Waals surface area contributed by atoms with E-state index in [2.05, 4.69) is 36.5 Å². The van der Waals surface area contributed by atoms with Gasteiger partial charge in [-0.25, -0.2) is 4.79 Å². The Labute approximate surface area is 166 Å². The molecule has 0 bridgehead atoms. The van der Waals surface area contributed by atoms with E-state index >= 15 is 0 Å². The molecule has 0 atom stereocenters. The fraction of sp³-hybridized carbons (Fsp3) is 0.238. The van der Waals surface area contributed by atoms with Crippen LogP contribution in [0, 0.1) is 13.8 Å². The first-order valence-corrected chi connectivity index (χ1v) is 10.5. The summed E-state index contributed by atoms with van der Waals surface area (Å²) in [5.41, 5.74) is 2.12. The lowest BCUT2D eigenvalue weighted by Crippen LogP contribution is -2.30. The molecule has 3 rings (SSSR count). The van der Waals surface area contributed by atoms with Crippen LogP contribution in [0.5, 0.6) is 0 Å². The fourth-order valence-electron chi connectivity index (χ4n) is 2.61. The van der Waals surface area contributed by atoms with Gasteiger partial charge in [-0.1, -0.05) is 35.9 Å². The normalized spacial score (nSPS) is 10.7. The minimum absolute atomic E-state index is 0.262. The lowest BCUT2D eigenvalue weighted by molar-refractivity contribution is -0.124. The van der Waals surface area contributed by atoms with E-state index in [1.807, 2.05) is 31.2 Å². The molecule has 1 heterocycles.